The van der Waals surface area contributed by atoms with Crippen molar-refractivity contribution in [1.82, 2.24) is 20.1 Å². The third-order valence-electron chi connectivity index (χ3n) is 3.72. The first kappa shape index (κ1) is 16.2. The number of carbonyl (C=O) groups is 1. The Labute approximate surface area is 145 Å². The van der Waals surface area contributed by atoms with E-state index in [1.165, 1.54) is 6.33 Å². The van der Waals surface area contributed by atoms with Crippen LogP contribution in [0.4, 0.5) is 0 Å². The number of benzene rings is 2. The van der Waals surface area contributed by atoms with E-state index in [-0.39, 0.29) is 5.91 Å². The van der Waals surface area contributed by atoms with Crippen molar-refractivity contribution in [2.75, 3.05) is 0 Å². The predicted octanol–water partition coefficient (Wildman–Crippen LogP) is 3.22. The first-order valence-corrected chi connectivity index (χ1v) is 7.94. The molecule has 1 N–H and O–H groups in total. The van der Waals surface area contributed by atoms with Gasteiger partial charge in [-0.15, -0.1) is 0 Å². The predicted molar refractivity (Wildman–Crippen MR) is 92.9 cm³/mol. The minimum Gasteiger partial charge on any atom is -0.348 e. The summed E-state index contributed by atoms with van der Waals surface area (Å²) in [6.07, 6.45) is 3.20. The largest absolute Gasteiger partial charge is 0.348 e. The molecule has 0 spiro atoms. The van der Waals surface area contributed by atoms with E-state index in [0.717, 1.165) is 16.7 Å². The maximum atomic E-state index is 12.3. The van der Waals surface area contributed by atoms with Gasteiger partial charge in [0.2, 0.25) is 0 Å². The van der Waals surface area contributed by atoms with Crippen molar-refractivity contribution in [3.63, 3.8) is 0 Å². The number of nitrogens with one attached hydrogen (secondary N) is 1. The molecular formula is C18H17ClN4O. The Morgan fingerprint density at radius 1 is 1.17 bits per heavy atom. The number of rotatable bonds is 5. The Kier molecular flexibility index (Phi) is 4.91. The van der Waals surface area contributed by atoms with E-state index in [1.807, 2.05) is 31.2 Å². The fraction of sp³-hybridized carbons (Fsp3) is 0.167. The van der Waals surface area contributed by atoms with Gasteiger partial charge in [0.05, 0.1) is 6.54 Å². The number of hydrogen-bond acceptors (Lipinski definition) is 3. The number of hydrogen-bond donors (Lipinski definition) is 1. The van der Waals surface area contributed by atoms with Crippen molar-refractivity contribution in [3.8, 4) is 0 Å². The quantitative estimate of drug-likeness (QED) is 0.775. The maximum Gasteiger partial charge on any atom is 0.251 e. The molecule has 0 aliphatic carbocycles. The highest BCUT2D eigenvalue weighted by Gasteiger charge is 2.09. The lowest BCUT2D eigenvalue weighted by atomic mass is 10.1. The number of aryl methyl sites for hydroxylation is 1. The van der Waals surface area contributed by atoms with Gasteiger partial charge in [0, 0.05) is 17.1 Å². The monoisotopic (exact) mass is 340 g/mol. The van der Waals surface area contributed by atoms with E-state index >= 15 is 0 Å². The molecule has 2 aromatic carbocycles. The van der Waals surface area contributed by atoms with Gasteiger partial charge in [-0.05, 0) is 41.8 Å². The van der Waals surface area contributed by atoms with Gasteiger partial charge in [0.25, 0.3) is 5.91 Å². The van der Waals surface area contributed by atoms with Gasteiger partial charge in [-0.1, -0.05) is 35.9 Å². The van der Waals surface area contributed by atoms with Crippen LogP contribution < -0.4 is 5.32 Å². The molecule has 122 valence electrons. The molecule has 0 aliphatic rings. The molecule has 0 aliphatic heterocycles. The van der Waals surface area contributed by atoms with Crippen LogP contribution in [0.25, 0.3) is 0 Å². The minimum atomic E-state index is -0.101. The molecular weight excluding hydrogens is 324 g/mol. The van der Waals surface area contributed by atoms with Crippen LogP contribution in [0.5, 0.6) is 0 Å². The molecule has 0 unspecified atom stereocenters. The van der Waals surface area contributed by atoms with Gasteiger partial charge < -0.3 is 5.32 Å². The van der Waals surface area contributed by atoms with E-state index in [2.05, 4.69) is 15.4 Å². The summed E-state index contributed by atoms with van der Waals surface area (Å²) in [5.41, 5.74) is 3.67. The Morgan fingerprint density at radius 2 is 1.92 bits per heavy atom. The smallest absolute Gasteiger partial charge is 0.251 e. The second-order valence-corrected chi connectivity index (χ2v) is 5.99. The molecule has 24 heavy (non-hydrogen) atoms. The average Bonchev–Trinajstić information content (AvgIpc) is 3.07. The highest BCUT2D eigenvalue weighted by atomic mass is 35.5. The van der Waals surface area contributed by atoms with Crippen molar-refractivity contribution in [1.29, 1.82) is 0 Å². The highest BCUT2D eigenvalue weighted by Crippen LogP contribution is 2.15. The fourth-order valence-corrected chi connectivity index (χ4v) is 2.65. The summed E-state index contributed by atoms with van der Waals surface area (Å²) in [6.45, 7) is 3.03. The van der Waals surface area contributed by atoms with Gasteiger partial charge in [-0.2, -0.15) is 5.10 Å². The van der Waals surface area contributed by atoms with Crippen LogP contribution in [-0.4, -0.2) is 20.7 Å². The average molecular weight is 341 g/mol. The summed E-state index contributed by atoms with van der Waals surface area (Å²) in [6, 6.07) is 13.3. The van der Waals surface area contributed by atoms with Crippen LogP contribution in [0.3, 0.4) is 0 Å². The van der Waals surface area contributed by atoms with Crippen LogP contribution in [0.15, 0.2) is 55.1 Å². The molecule has 0 radical (unpaired) electrons. The van der Waals surface area contributed by atoms with Crippen molar-refractivity contribution in [2.45, 2.75) is 20.0 Å². The van der Waals surface area contributed by atoms with E-state index < -0.39 is 0 Å². The van der Waals surface area contributed by atoms with Gasteiger partial charge in [-0.25, -0.2) is 9.67 Å². The number of halogens is 1. The number of amides is 1. The molecule has 3 rings (SSSR count). The molecule has 1 heterocycles. The highest BCUT2D eigenvalue weighted by molar-refractivity contribution is 6.30. The van der Waals surface area contributed by atoms with Crippen LogP contribution in [0.1, 0.15) is 27.0 Å². The molecule has 0 saturated carbocycles. The Morgan fingerprint density at radius 3 is 2.58 bits per heavy atom. The maximum absolute atomic E-state index is 12.3. The SMILES string of the molecule is Cc1cc(Cl)ccc1C(=O)NCc1ccc(Cn2cncn2)cc1. The zero-order valence-corrected chi connectivity index (χ0v) is 14.0. The van der Waals surface area contributed by atoms with E-state index in [0.29, 0.717) is 23.7 Å². The molecule has 0 fully saturated rings. The standard InChI is InChI=1S/C18H17ClN4O/c1-13-8-16(19)6-7-17(13)18(24)21-9-14-2-4-15(5-3-14)10-23-12-20-11-22-23/h2-8,11-12H,9-10H2,1H3,(H,21,24). The van der Waals surface area contributed by atoms with Crippen LogP contribution in [0, 0.1) is 6.92 Å². The third kappa shape index (κ3) is 4.00. The van der Waals surface area contributed by atoms with E-state index in [4.69, 9.17) is 11.6 Å². The molecule has 1 aromatic heterocycles. The fourth-order valence-electron chi connectivity index (χ4n) is 2.42. The first-order chi connectivity index (χ1) is 11.6. The molecule has 0 atom stereocenters. The summed E-state index contributed by atoms with van der Waals surface area (Å²) in [5.74, 6) is -0.101. The first-order valence-electron chi connectivity index (χ1n) is 7.56. The van der Waals surface area contributed by atoms with Crippen molar-refractivity contribution in [2.24, 2.45) is 0 Å². The normalized spacial score (nSPS) is 10.6. The zero-order chi connectivity index (χ0) is 16.9. The molecule has 3 aromatic rings. The van der Waals surface area contributed by atoms with Crippen LogP contribution in [-0.2, 0) is 13.1 Å². The summed E-state index contributed by atoms with van der Waals surface area (Å²) >= 11 is 5.92. The Hall–Kier alpha value is -2.66. The molecule has 5 nitrogen and oxygen atoms in total. The van der Waals surface area contributed by atoms with E-state index in [1.54, 1.807) is 29.2 Å². The third-order valence-corrected chi connectivity index (χ3v) is 3.96. The number of carbonyl (C=O) groups excluding carboxylic acids is 1. The van der Waals surface area contributed by atoms with Gasteiger partial charge >= 0.3 is 0 Å². The van der Waals surface area contributed by atoms with Gasteiger partial charge in [0.1, 0.15) is 12.7 Å². The van der Waals surface area contributed by atoms with Gasteiger partial charge in [-0.3, -0.25) is 4.79 Å². The minimum absolute atomic E-state index is 0.101. The lowest BCUT2D eigenvalue weighted by Crippen LogP contribution is -2.23. The number of aromatic nitrogens is 3. The second-order valence-electron chi connectivity index (χ2n) is 5.55. The molecule has 6 heteroatoms. The van der Waals surface area contributed by atoms with Crippen molar-refractivity contribution < 1.29 is 4.79 Å². The van der Waals surface area contributed by atoms with E-state index in [9.17, 15) is 4.79 Å². The topological polar surface area (TPSA) is 59.8 Å². The Bertz CT molecular complexity index is 829. The summed E-state index contributed by atoms with van der Waals surface area (Å²) in [7, 11) is 0. The summed E-state index contributed by atoms with van der Waals surface area (Å²) < 4.78 is 1.76. The zero-order valence-electron chi connectivity index (χ0n) is 13.2. The lowest BCUT2D eigenvalue weighted by Gasteiger charge is -2.09. The summed E-state index contributed by atoms with van der Waals surface area (Å²) in [5, 5.41) is 7.64. The van der Waals surface area contributed by atoms with Crippen molar-refractivity contribution in [3.05, 3.63) is 82.4 Å². The number of nitrogens with zero attached hydrogens (tertiary/aromatic N) is 3. The second kappa shape index (κ2) is 7.27. The van der Waals surface area contributed by atoms with Crippen LogP contribution in [0.2, 0.25) is 5.02 Å². The van der Waals surface area contributed by atoms with Crippen LogP contribution >= 0.6 is 11.6 Å². The van der Waals surface area contributed by atoms with Crippen molar-refractivity contribution >= 4 is 17.5 Å². The Balaban J connectivity index is 1.59. The van der Waals surface area contributed by atoms with Gasteiger partial charge in [0.15, 0.2) is 0 Å². The lowest BCUT2D eigenvalue weighted by molar-refractivity contribution is 0.0950. The molecule has 0 bridgehead atoms. The summed E-state index contributed by atoms with van der Waals surface area (Å²) in [4.78, 5) is 16.2. The molecule has 1 amide bonds. The molecule has 0 saturated heterocycles.